The first kappa shape index (κ1) is 17.3. The van der Waals surface area contributed by atoms with Crippen molar-refractivity contribution in [3.05, 3.63) is 28.8 Å². The molecule has 2 N–H and O–H groups in total. The number of ether oxygens (including phenoxy) is 1. The molecule has 3 nitrogen and oxygen atoms in total. The quantitative estimate of drug-likeness (QED) is 0.720. The Labute approximate surface area is 127 Å². The van der Waals surface area contributed by atoms with Crippen LogP contribution in [0.15, 0.2) is 18.2 Å². The highest BCUT2D eigenvalue weighted by Crippen LogP contribution is 2.25. The van der Waals surface area contributed by atoms with Crippen molar-refractivity contribution in [3.8, 4) is 5.75 Å². The first-order chi connectivity index (χ1) is 9.36. The number of rotatable bonds is 8. The van der Waals surface area contributed by atoms with Crippen molar-refractivity contribution in [1.29, 1.82) is 0 Å². The van der Waals surface area contributed by atoms with Gasteiger partial charge in [0.25, 0.3) is 0 Å². The Morgan fingerprint density at radius 1 is 1.40 bits per heavy atom. The minimum Gasteiger partial charge on any atom is -0.490 e. The first-order valence-corrected chi connectivity index (χ1v) is 7.59. The van der Waals surface area contributed by atoms with Crippen LogP contribution in [0.25, 0.3) is 0 Å². The van der Waals surface area contributed by atoms with Crippen LogP contribution in [0.5, 0.6) is 5.75 Å². The molecule has 20 heavy (non-hydrogen) atoms. The van der Waals surface area contributed by atoms with Gasteiger partial charge in [-0.1, -0.05) is 32.4 Å². The number of benzene rings is 1. The summed E-state index contributed by atoms with van der Waals surface area (Å²) in [5.74, 6) is 0.912. The highest BCUT2D eigenvalue weighted by Gasteiger charge is 2.26. The fraction of sp³-hybridized carbons (Fsp3) is 0.625. The largest absolute Gasteiger partial charge is 0.490 e. The molecule has 1 atom stereocenters. The second-order valence-corrected chi connectivity index (χ2v) is 6.17. The third kappa shape index (κ3) is 5.31. The van der Waals surface area contributed by atoms with Crippen LogP contribution < -0.4 is 10.1 Å². The summed E-state index contributed by atoms with van der Waals surface area (Å²) < 4.78 is 5.80. The monoisotopic (exact) mass is 299 g/mol. The van der Waals surface area contributed by atoms with Gasteiger partial charge in [0.1, 0.15) is 12.4 Å². The SMILES string of the molecule is CCCNCc1cc(Cl)ccc1OCC(C)(O)C(C)C. The molecule has 0 spiro atoms. The summed E-state index contributed by atoms with van der Waals surface area (Å²) in [4.78, 5) is 0. The van der Waals surface area contributed by atoms with Crippen LogP contribution in [0, 0.1) is 5.92 Å². The first-order valence-electron chi connectivity index (χ1n) is 7.21. The zero-order chi connectivity index (χ0) is 15.2. The predicted octanol–water partition coefficient (Wildman–Crippen LogP) is 3.63. The van der Waals surface area contributed by atoms with Gasteiger partial charge in [-0.15, -0.1) is 0 Å². The number of halogens is 1. The lowest BCUT2D eigenvalue weighted by Gasteiger charge is -2.28. The molecule has 1 aromatic carbocycles. The van der Waals surface area contributed by atoms with Crippen LogP contribution in [0.3, 0.4) is 0 Å². The van der Waals surface area contributed by atoms with E-state index in [0.29, 0.717) is 11.6 Å². The van der Waals surface area contributed by atoms with Gasteiger partial charge in [-0.25, -0.2) is 0 Å². The van der Waals surface area contributed by atoms with Crippen LogP contribution in [0.2, 0.25) is 5.02 Å². The summed E-state index contributed by atoms with van der Waals surface area (Å²) in [5, 5.41) is 14.3. The minimum atomic E-state index is -0.840. The van der Waals surface area contributed by atoms with Gasteiger partial charge in [0, 0.05) is 17.1 Å². The molecular formula is C16H26ClNO2. The molecule has 0 radical (unpaired) electrons. The Kier molecular flexibility index (Phi) is 6.80. The van der Waals surface area contributed by atoms with Crippen molar-refractivity contribution >= 4 is 11.6 Å². The zero-order valence-electron chi connectivity index (χ0n) is 12.9. The van der Waals surface area contributed by atoms with Crippen molar-refractivity contribution in [2.75, 3.05) is 13.2 Å². The van der Waals surface area contributed by atoms with Gasteiger partial charge in [-0.05, 0) is 44.0 Å². The van der Waals surface area contributed by atoms with E-state index in [-0.39, 0.29) is 12.5 Å². The van der Waals surface area contributed by atoms with E-state index in [1.54, 1.807) is 6.92 Å². The van der Waals surface area contributed by atoms with Gasteiger partial charge in [-0.2, -0.15) is 0 Å². The van der Waals surface area contributed by atoms with Gasteiger partial charge in [0.05, 0.1) is 5.60 Å². The molecule has 0 amide bonds. The van der Waals surface area contributed by atoms with E-state index in [0.717, 1.165) is 24.3 Å². The van der Waals surface area contributed by atoms with Crippen LogP contribution in [-0.2, 0) is 6.54 Å². The number of aliphatic hydroxyl groups is 1. The summed E-state index contributed by atoms with van der Waals surface area (Å²) in [5.41, 5.74) is 0.179. The smallest absolute Gasteiger partial charge is 0.124 e. The molecule has 4 heteroatoms. The van der Waals surface area contributed by atoms with Crippen LogP contribution in [-0.4, -0.2) is 23.9 Å². The molecule has 0 saturated heterocycles. The number of nitrogens with one attached hydrogen (secondary N) is 1. The van der Waals surface area contributed by atoms with Crippen molar-refractivity contribution in [1.82, 2.24) is 5.32 Å². The molecule has 0 aromatic heterocycles. The maximum Gasteiger partial charge on any atom is 0.124 e. The maximum atomic E-state index is 10.2. The third-order valence-electron chi connectivity index (χ3n) is 3.53. The second kappa shape index (κ2) is 7.87. The van der Waals surface area contributed by atoms with Crippen molar-refractivity contribution < 1.29 is 9.84 Å². The topological polar surface area (TPSA) is 41.5 Å². The minimum absolute atomic E-state index is 0.136. The highest BCUT2D eigenvalue weighted by atomic mass is 35.5. The Bertz CT molecular complexity index is 419. The number of hydrogen-bond donors (Lipinski definition) is 2. The summed E-state index contributed by atoms with van der Waals surface area (Å²) in [7, 11) is 0. The molecule has 114 valence electrons. The van der Waals surface area contributed by atoms with E-state index < -0.39 is 5.60 Å². The van der Waals surface area contributed by atoms with Crippen molar-refractivity contribution in [3.63, 3.8) is 0 Å². The van der Waals surface area contributed by atoms with Gasteiger partial charge < -0.3 is 15.2 Å². The maximum absolute atomic E-state index is 10.2. The van der Waals surface area contributed by atoms with E-state index in [2.05, 4.69) is 12.2 Å². The zero-order valence-corrected chi connectivity index (χ0v) is 13.6. The van der Waals surface area contributed by atoms with Gasteiger partial charge in [0.15, 0.2) is 0 Å². The van der Waals surface area contributed by atoms with Gasteiger partial charge >= 0.3 is 0 Å². The van der Waals surface area contributed by atoms with E-state index >= 15 is 0 Å². The summed E-state index contributed by atoms with van der Waals surface area (Å²) in [6, 6.07) is 5.58. The van der Waals surface area contributed by atoms with E-state index in [4.69, 9.17) is 16.3 Å². The fourth-order valence-electron chi connectivity index (χ4n) is 1.62. The molecule has 0 saturated carbocycles. The molecule has 0 bridgehead atoms. The average molecular weight is 300 g/mol. The van der Waals surface area contributed by atoms with E-state index in [1.807, 2.05) is 32.0 Å². The van der Waals surface area contributed by atoms with Crippen LogP contribution >= 0.6 is 11.6 Å². The molecule has 0 fully saturated rings. The summed E-state index contributed by atoms with van der Waals surface area (Å²) >= 11 is 6.04. The van der Waals surface area contributed by atoms with Gasteiger partial charge in [0.2, 0.25) is 0 Å². The Morgan fingerprint density at radius 3 is 2.70 bits per heavy atom. The lowest BCUT2D eigenvalue weighted by atomic mass is 9.94. The molecule has 0 aliphatic carbocycles. The Hall–Kier alpha value is -0.770. The van der Waals surface area contributed by atoms with Gasteiger partial charge in [-0.3, -0.25) is 0 Å². The molecular weight excluding hydrogens is 274 g/mol. The molecule has 0 aliphatic rings. The molecule has 1 aromatic rings. The fourth-order valence-corrected chi connectivity index (χ4v) is 1.81. The van der Waals surface area contributed by atoms with Crippen LogP contribution in [0.1, 0.15) is 39.7 Å². The normalized spacial score (nSPS) is 14.3. The Morgan fingerprint density at radius 2 is 2.10 bits per heavy atom. The lowest BCUT2D eigenvalue weighted by molar-refractivity contribution is -0.0268. The van der Waals surface area contributed by atoms with E-state index in [1.165, 1.54) is 0 Å². The second-order valence-electron chi connectivity index (χ2n) is 5.73. The molecule has 0 aliphatic heterocycles. The lowest BCUT2D eigenvalue weighted by Crippen LogP contribution is -2.38. The van der Waals surface area contributed by atoms with Crippen LogP contribution in [0.4, 0.5) is 0 Å². The summed E-state index contributed by atoms with van der Waals surface area (Å²) in [6.07, 6.45) is 1.08. The average Bonchev–Trinajstić information content (AvgIpc) is 2.38. The van der Waals surface area contributed by atoms with Crippen molar-refractivity contribution in [2.24, 2.45) is 5.92 Å². The van der Waals surface area contributed by atoms with E-state index in [9.17, 15) is 5.11 Å². The molecule has 1 unspecified atom stereocenters. The molecule has 0 heterocycles. The number of hydrogen-bond acceptors (Lipinski definition) is 3. The standard InChI is InChI=1S/C16H26ClNO2/c1-5-8-18-10-13-9-14(17)6-7-15(13)20-11-16(4,19)12(2)3/h6-7,9,12,18-19H,5,8,10-11H2,1-4H3. The highest BCUT2D eigenvalue weighted by molar-refractivity contribution is 6.30. The van der Waals surface area contributed by atoms with Crippen molar-refractivity contribution in [2.45, 2.75) is 46.3 Å². The summed E-state index contributed by atoms with van der Waals surface area (Å²) in [6.45, 7) is 9.82. The predicted molar refractivity (Wildman–Crippen MR) is 84.4 cm³/mol. The Balaban J connectivity index is 2.73. The third-order valence-corrected chi connectivity index (χ3v) is 3.76. The molecule has 1 rings (SSSR count).